The van der Waals surface area contributed by atoms with Crippen molar-refractivity contribution in [1.82, 2.24) is 4.90 Å². The molecule has 146 valence electrons. The van der Waals surface area contributed by atoms with Crippen LogP contribution in [0, 0.1) is 17.2 Å². The van der Waals surface area contributed by atoms with Crippen molar-refractivity contribution >= 4 is 23.4 Å². The smallest absolute Gasteiger partial charge is 0.223 e. The fourth-order valence-electron chi connectivity index (χ4n) is 4.47. The van der Waals surface area contributed by atoms with Crippen LogP contribution in [0.1, 0.15) is 44.7 Å². The summed E-state index contributed by atoms with van der Waals surface area (Å²) in [5.74, 6) is 1.25. The molecule has 2 heterocycles. The molecule has 1 amide bonds. The van der Waals surface area contributed by atoms with Gasteiger partial charge in [0.1, 0.15) is 0 Å². The van der Waals surface area contributed by atoms with Crippen LogP contribution < -0.4 is 10.6 Å². The minimum atomic E-state index is 0.305. The molecular weight excluding hydrogens is 336 g/mol. The summed E-state index contributed by atoms with van der Waals surface area (Å²) in [4.78, 5) is 17.0. The zero-order valence-electron chi connectivity index (χ0n) is 16.7. The molecule has 1 fully saturated rings. The molecule has 5 heteroatoms. The highest BCUT2D eigenvalue weighted by Crippen LogP contribution is 2.33. The number of carbonyl (C=O) groups excluding carboxylic acids is 1. The molecular formula is C22H32N4O. The number of carbonyl (C=O) groups is 1. The van der Waals surface area contributed by atoms with Gasteiger partial charge in [-0.25, -0.2) is 0 Å². The number of nitrogens with one attached hydrogen (secondary N) is 1. The molecule has 3 rings (SSSR count). The standard InChI is InChI=1S/C22H32N4O/c1-15(2)8-22(27)26-14-17(9-16(26)3)13-25-7-6-19-10-18(4-5-21(19)25)20(11-23)12-24/h4-5,10-12,15-17,23H,6-9,13-14,24H2,1-3H3/b20-12+,23-11?. The van der Waals surface area contributed by atoms with Crippen molar-refractivity contribution in [3.8, 4) is 0 Å². The maximum atomic E-state index is 12.5. The average Bonchev–Trinajstić information content (AvgIpc) is 3.19. The first-order chi connectivity index (χ1) is 12.9. The third-order valence-corrected chi connectivity index (χ3v) is 5.78. The van der Waals surface area contributed by atoms with Gasteiger partial charge in [-0.05, 0) is 54.9 Å². The van der Waals surface area contributed by atoms with E-state index in [1.807, 2.05) is 0 Å². The molecule has 0 spiro atoms. The van der Waals surface area contributed by atoms with Gasteiger partial charge in [-0.1, -0.05) is 19.9 Å². The van der Waals surface area contributed by atoms with Gasteiger partial charge in [-0.2, -0.15) is 0 Å². The highest BCUT2D eigenvalue weighted by atomic mass is 16.2. The van der Waals surface area contributed by atoms with Gasteiger partial charge < -0.3 is 20.9 Å². The number of rotatable bonds is 6. The molecule has 1 aromatic carbocycles. The molecule has 2 atom stereocenters. The molecule has 3 N–H and O–H groups in total. The first-order valence-electron chi connectivity index (χ1n) is 10.0. The summed E-state index contributed by atoms with van der Waals surface area (Å²) >= 11 is 0. The minimum Gasteiger partial charge on any atom is -0.404 e. The lowest BCUT2D eigenvalue weighted by Gasteiger charge is -2.24. The number of amides is 1. The number of hydrogen-bond donors (Lipinski definition) is 2. The normalized spacial score (nSPS) is 22.4. The van der Waals surface area contributed by atoms with Gasteiger partial charge >= 0.3 is 0 Å². The van der Waals surface area contributed by atoms with Crippen LogP contribution in [0.25, 0.3) is 5.57 Å². The summed E-state index contributed by atoms with van der Waals surface area (Å²) < 4.78 is 0. The maximum absolute atomic E-state index is 12.5. The van der Waals surface area contributed by atoms with E-state index in [2.05, 4.69) is 48.8 Å². The summed E-state index contributed by atoms with van der Waals surface area (Å²) in [6.07, 6.45) is 5.55. The lowest BCUT2D eigenvalue weighted by Crippen LogP contribution is -2.35. The largest absolute Gasteiger partial charge is 0.404 e. The quantitative estimate of drug-likeness (QED) is 0.757. The first kappa shape index (κ1) is 19.5. The first-order valence-corrected chi connectivity index (χ1v) is 10.0. The SMILES string of the molecule is CC(C)CC(=O)N1CC(CN2CCc3cc(/C(C=N)=C/N)ccc32)CC1C. The summed E-state index contributed by atoms with van der Waals surface area (Å²) in [5, 5.41) is 7.48. The zero-order chi connectivity index (χ0) is 19.6. The number of anilines is 1. The van der Waals surface area contributed by atoms with Crippen LogP contribution in [0.4, 0.5) is 5.69 Å². The highest BCUT2D eigenvalue weighted by molar-refractivity contribution is 6.08. The molecule has 0 bridgehead atoms. The van der Waals surface area contributed by atoms with Crippen molar-refractivity contribution in [2.24, 2.45) is 17.6 Å². The fourth-order valence-corrected chi connectivity index (χ4v) is 4.47. The Morgan fingerprint density at radius 2 is 2.19 bits per heavy atom. The van der Waals surface area contributed by atoms with Gasteiger partial charge in [0.2, 0.25) is 5.91 Å². The van der Waals surface area contributed by atoms with E-state index in [-0.39, 0.29) is 0 Å². The molecule has 1 aromatic rings. The Balaban J connectivity index is 1.66. The predicted octanol–water partition coefficient (Wildman–Crippen LogP) is 3.28. The third-order valence-electron chi connectivity index (χ3n) is 5.78. The van der Waals surface area contributed by atoms with Gasteiger partial charge in [0.25, 0.3) is 0 Å². The zero-order valence-corrected chi connectivity index (χ0v) is 16.7. The van der Waals surface area contributed by atoms with Crippen LogP contribution in [0.5, 0.6) is 0 Å². The average molecular weight is 369 g/mol. The minimum absolute atomic E-state index is 0.305. The Morgan fingerprint density at radius 3 is 2.85 bits per heavy atom. The van der Waals surface area contributed by atoms with Gasteiger partial charge in [0.15, 0.2) is 0 Å². The van der Waals surface area contributed by atoms with Crippen LogP contribution in [0.2, 0.25) is 0 Å². The summed E-state index contributed by atoms with van der Waals surface area (Å²) in [5.41, 5.74) is 10.00. The number of nitrogens with zero attached hydrogens (tertiary/aromatic N) is 2. The van der Waals surface area contributed by atoms with Gasteiger partial charge in [-0.3, -0.25) is 4.79 Å². The van der Waals surface area contributed by atoms with Crippen LogP contribution in [-0.4, -0.2) is 42.7 Å². The van der Waals surface area contributed by atoms with Crippen molar-refractivity contribution in [3.05, 3.63) is 35.5 Å². The van der Waals surface area contributed by atoms with Crippen molar-refractivity contribution in [2.45, 2.75) is 46.1 Å². The van der Waals surface area contributed by atoms with Gasteiger partial charge in [0.05, 0.1) is 0 Å². The fraction of sp³-hybridized carbons (Fsp3) is 0.545. The van der Waals surface area contributed by atoms with Crippen LogP contribution in [0.15, 0.2) is 24.4 Å². The van der Waals surface area contributed by atoms with Crippen LogP contribution in [-0.2, 0) is 11.2 Å². The number of likely N-dealkylation sites (tertiary alicyclic amines) is 1. The van der Waals surface area contributed by atoms with E-state index in [0.29, 0.717) is 30.2 Å². The van der Waals surface area contributed by atoms with E-state index >= 15 is 0 Å². The number of allylic oxidation sites excluding steroid dienone is 1. The van der Waals surface area contributed by atoms with E-state index in [1.54, 1.807) is 0 Å². The Hall–Kier alpha value is -2.30. The molecule has 0 radical (unpaired) electrons. The molecule has 5 nitrogen and oxygen atoms in total. The topological polar surface area (TPSA) is 73.4 Å². The van der Waals surface area contributed by atoms with Crippen molar-refractivity contribution < 1.29 is 4.79 Å². The maximum Gasteiger partial charge on any atom is 0.223 e. The summed E-state index contributed by atoms with van der Waals surface area (Å²) in [6.45, 7) is 9.30. The van der Waals surface area contributed by atoms with Crippen LogP contribution >= 0.6 is 0 Å². The lowest BCUT2D eigenvalue weighted by molar-refractivity contribution is -0.132. The van der Waals surface area contributed by atoms with Crippen molar-refractivity contribution in [1.29, 1.82) is 5.41 Å². The Kier molecular flexibility index (Phi) is 5.88. The summed E-state index contributed by atoms with van der Waals surface area (Å²) in [6, 6.07) is 6.71. The predicted molar refractivity (Wildman–Crippen MR) is 112 cm³/mol. The number of hydrogen-bond acceptors (Lipinski definition) is 4. The molecule has 2 aliphatic rings. The van der Waals surface area contributed by atoms with Crippen molar-refractivity contribution in [2.75, 3.05) is 24.5 Å². The Labute approximate surface area is 162 Å². The van der Waals surface area contributed by atoms with E-state index in [4.69, 9.17) is 11.1 Å². The van der Waals surface area contributed by atoms with E-state index < -0.39 is 0 Å². The van der Waals surface area contributed by atoms with E-state index in [0.717, 1.165) is 43.6 Å². The van der Waals surface area contributed by atoms with Gasteiger partial charge in [0, 0.05) is 55.8 Å². The number of fused-ring (bicyclic) bond motifs is 1. The molecule has 2 aliphatic heterocycles. The Morgan fingerprint density at radius 1 is 1.41 bits per heavy atom. The summed E-state index contributed by atoms with van der Waals surface area (Å²) in [7, 11) is 0. The molecule has 1 saturated heterocycles. The third kappa shape index (κ3) is 4.18. The molecule has 0 aliphatic carbocycles. The second kappa shape index (κ2) is 8.15. The molecule has 0 saturated carbocycles. The van der Waals surface area contributed by atoms with Crippen LogP contribution in [0.3, 0.4) is 0 Å². The molecule has 0 aromatic heterocycles. The number of nitrogens with two attached hydrogens (primary N) is 1. The lowest BCUT2D eigenvalue weighted by atomic mass is 10.0. The Bertz CT molecular complexity index is 740. The van der Waals surface area contributed by atoms with Crippen molar-refractivity contribution in [3.63, 3.8) is 0 Å². The monoisotopic (exact) mass is 368 g/mol. The molecule has 2 unspecified atom stereocenters. The molecule has 27 heavy (non-hydrogen) atoms. The van der Waals surface area contributed by atoms with E-state index in [1.165, 1.54) is 23.7 Å². The highest BCUT2D eigenvalue weighted by Gasteiger charge is 2.34. The number of benzene rings is 1. The van der Waals surface area contributed by atoms with Gasteiger partial charge in [-0.15, -0.1) is 0 Å². The van der Waals surface area contributed by atoms with E-state index in [9.17, 15) is 4.79 Å². The second-order valence-electron chi connectivity index (χ2n) is 8.40. The second-order valence-corrected chi connectivity index (χ2v) is 8.40.